The van der Waals surface area contributed by atoms with E-state index in [9.17, 15) is 0 Å². The van der Waals surface area contributed by atoms with Crippen molar-refractivity contribution in [3.63, 3.8) is 0 Å². The van der Waals surface area contributed by atoms with Crippen molar-refractivity contribution < 1.29 is 0 Å². The minimum absolute atomic E-state index is 0.829. The van der Waals surface area contributed by atoms with Crippen LogP contribution in [0.4, 0.5) is 0 Å². The lowest BCUT2D eigenvalue weighted by Crippen LogP contribution is -1.84. The highest BCUT2D eigenvalue weighted by atomic mass is 14.8. The number of fused-ring (bicyclic) bond motifs is 3. The lowest BCUT2D eigenvalue weighted by molar-refractivity contribution is 1.03. The predicted octanol–water partition coefficient (Wildman–Crippen LogP) is 25.1. The lowest BCUT2D eigenvalue weighted by atomic mass is 9.99. The molecule has 0 atom stereocenters. The zero-order chi connectivity index (χ0) is 71.0. The quantitative estimate of drug-likeness (QED) is 0.138. The zero-order valence-corrected chi connectivity index (χ0v) is 63.7. The Morgan fingerprint density at radius 2 is 0.522 bits per heavy atom. The second kappa shape index (κ2) is 67.1. The number of benzene rings is 3. The van der Waals surface area contributed by atoms with Crippen LogP contribution in [0.3, 0.4) is 0 Å². The highest BCUT2D eigenvalue weighted by Gasteiger charge is 2.00. The van der Waals surface area contributed by atoms with Gasteiger partial charge in [-0.2, -0.15) is 0 Å². The molecule has 0 aliphatic heterocycles. The van der Waals surface area contributed by atoms with E-state index in [-0.39, 0.29) is 0 Å². The van der Waals surface area contributed by atoms with Crippen LogP contribution < -0.4 is 0 Å². The average Bonchev–Trinajstić information content (AvgIpc) is 0.966. The van der Waals surface area contributed by atoms with Gasteiger partial charge in [0.1, 0.15) is 5.82 Å². The van der Waals surface area contributed by atoms with Crippen molar-refractivity contribution in [2.45, 2.75) is 235 Å². The van der Waals surface area contributed by atoms with Gasteiger partial charge in [0, 0.05) is 83.7 Å². The molecule has 0 saturated heterocycles. The summed E-state index contributed by atoms with van der Waals surface area (Å²) in [6.45, 7) is 68.3. The molecule has 0 aliphatic rings. The Hall–Kier alpha value is -7.84. The molecule has 90 heavy (non-hydrogen) atoms. The molecule has 8 nitrogen and oxygen atoms in total. The fraction of sp³-hybridized carbons (Fsp3) is 0.415. The third kappa shape index (κ3) is 53.2. The highest BCUT2D eigenvalue weighted by Crippen LogP contribution is 2.26. The van der Waals surface area contributed by atoms with Crippen LogP contribution >= 0.6 is 0 Å². The SMILES string of the molecule is CC.CC.CC.CC.CC.CC.CC.CC.CC.Cc1ccc(C)nc1.Cc1ccc(C)nc1.Cc1ccc2c(ccc3cc(C)ccc32)c1.Cc1cccc(C)n1.Cc1ccnc(C)c1.Cc1ccnc(C)c1.Cc1cnc(C)nc1.Cc1cncc(C)c1. The summed E-state index contributed by atoms with van der Waals surface area (Å²) >= 11 is 0. The molecular formula is C82H130N8. The first-order valence-electron chi connectivity index (χ1n) is 33.3. The van der Waals surface area contributed by atoms with Gasteiger partial charge in [-0.1, -0.05) is 209 Å². The van der Waals surface area contributed by atoms with E-state index in [1.54, 1.807) is 0 Å². The molecule has 10 rings (SSSR count). The minimum atomic E-state index is 0.829. The summed E-state index contributed by atoms with van der Waals surface area (Å²) < 4.78 is 0. The van der Waals surface area contributed by atoms with E-state index in [1.165, 1.54) is 66.1 Å². The first-order chi connectivity index (χ1) is 43.3. The summed E-state index contributed by atoms with van der Waals surface area (Å²) in [7, 11) is 0. The molecule has 7 aromatic heterocycles. The number of hydrogen-bond acceptors (Lipinski definition) is 8. The molecule has 498 valence electrons. The third-order valence-corrected chi connectivity index (χ3v) is 10.3. The number of aromatic nitrogens is 8. The van der Waals surface area contributed by atoms with E-state index in [0.29, 0.717) is 0 Å². The van der Waals surface area contributed by atoms with E-state index in [1.807, 2.05) is 300 Å². The molecule has 0 N–H and O–H groups in total. The number of hydrogen-bond donors (Lipinski definition) is 0. The second-order valence-electron chi connectivity index (χ2n) is 18.2. The second-order valence-corrected chi connectivity index (χ2v) is 18.2. The third-order valence-electron chi connectivity index (χ3n) is 10.3. The van der Waals surface area contributed by atoms with Crippen LogP contribution in [-0.2, 0) is 0 Å². The fourth-order valence-corrected chi connectivity index (χ4v) is 6.61. The van der Waals surface area contributed by atoms with E-state index in [2.05, 4.69) is 146 Å². The van der Waals surface area contributed by atoms with E-state index in [0.717, 1.165) is 45.6 Å². The van der Waals surface area contributed by atoms with Gasteiger partial charge >= 0.3 is 0 Å². The summed E-state index contributed by atoms with van der Waals surface area (Å²) in [5, 5.41) is 5.36. The van der Waals surface area contributed by atoms with Crippen molar-refractivity contribution in [3.05, 3.63) is 261 Å². The average molecular weight is 1230 g/mol. The largest absolute Gasteiger partial charge is 0.264 e. The van der Waals surface area contributed by atoms with Gasteiger partial charge in [0.2, 0.25) is 0 Å². The smallest absolute Gasteiger partial charge is 0.125 e. The minimum Gasteiger partial charge on any atom is -0.264 e. The molecular weight excluding hydrogens is 1100 g/mol. The summed E-state index contributed by atoms with van der Waals surface area (Å²) in [5.74, 6) is 0.829. The van der Waals surface area contributed by atoms with E-state index in [4.69, 9.17) is 0 Å². The summed E-state index contributed by atoms with van der Waals surface area (Å²) in [5.41, 5.74) is 17.7. The molecule has 0 radical (unpaired) electrons. The molecule has 3 aromatic carbocycles. The van der Waals surface area contributed by atoms with Crippen LogP contribution in [0.1, 0.15) is 215 Å². The fourth-order valence-electron chi connectivity index (χ4n) is 6.61. The molecule has 0 bridgehead atoms. The molecule has 0 saturated carbocycles. The monoisotopic (exact) mass is 1230 g/mol. The van der Waals surface area contributed by atoms with Crippen molar-refractivity contribution in [1.82, 2.24) is 39.9 Å². The van der Waals surface area contributed by atoms with Crippen molar-refractivity contribution in [2.24, 2.45) is 0 Å². The van der Waals surface area contributed by atoms with Crippen LogP contribution in [0.2, 0.25) is 0 Å². The van der Waals surface area contributed by atoms with Gasteiger partial charge in [0.25, 0.3) is 0 Å². The molecule has 0 spiro atoms. The van der Waals surface area contributed by atoms with Gasteiger partial charge in [-0.25, -0.2) is 9.97 Å². The Bertz CT molecular complexity index is 2660. The van der Waals surface area contributed by atoms with Crippen LogP contribution in [-0.4, -0.2) is 39.9 Å². The maximum Gasteiger partial charge on any atom is 0.125 e. The lowest BCUT2D eigenvalue weighted by Gasteiger charge is -2.05. The molecule has 0 aliphatic carbocycles. The van der Waals surface area contributed by atoms with Crippen molar-refractivity contribution in [1.29, 1.82) is 0 Å². The van der Waals surface area contributed by atoms with Crippen LogP contribution in [0.5, 0.6) is 0 Å². The molecule has 7 heterocycles. The Labute approximate surface area is 554 Å². The van der Waals surface area contributed by atoms with Crippen molar-refractivity contribution in [2.75, 3.05) is 0 Å². The Morgan fingerprint density at radius 1 is 0.211 bits per heavy atom. The van der Waals surface area contributed by atoms with Gasteiger partial charge in [-0.05, 0) is 220 Å². The maximum absolute atomic E-state index is 4.17. The normalized spacial score (nSPS) is 8.33. The number of nitrogens with zero attached hydrogens (tertiary/aromatic N) is 8. The maximum atomic E-state index is 4.17. The molecule has 8 heteroatoms. The number of rotatable bonds is 0. The Morgan fingerprint density at radius 3 is 0.744 bits per heavy atom. The zero-order valence-electron chi connectivity index (χ0n) is 63.7. The van der Waals surface area contributed by atoms with Crippen LogP contribution in [0, 0.1) is 111 Å². The van der Waals surface area contributed by atoms with Gasteiger partial charge in [0.05, 0.1) is 0 Å². The van der Waals surface area contributed by atoms with Crippen LogP contribution in [0.25, 0.3) is 21.5 Å². The predicted molar refractivity (Wildman–Crippen MR) is 407 cm³/mol. The molecule has 0 unspecified atom stereocenters. The molecule has 10 aromatic rings. The highest BCUT2D eigenvalue weighted by molar-refractivity contribution is 6.07. The first-order valence-corrected chi connectivity index (χ1v) is 33.3. The Kier molecular flexibility index (Phi) is 71.4. The van der Waals surface area contributed by atoms with Crippen LogP contribution in [0.15, 0.2) is 171 Å². The van der Waals surface area contributed by atoms with Gasteiger partial charge in [-0.3, -0.25) is 29.9 Å². The number of aryl methyl sites for hydroxylation is 16. The van der Waals surface area contributed by atoms with Crippen molar-refractivity contribution >= 4 is 21.5 Å². The first kappa shape index (κ1) is 95.8. The van der Waals surface area contributed by atoms with Gasteiger partial charge in [0.15, 0.2) is 0 Å². The summed E-state index contributed by atoms with van der Waals surface area (Å²) in [6, 6.07) is 42.1. The molecule has 0 fully saturated rings. The van der Waals surface area contributed by atoms with Gasteiger partial charge in [-0.15, -0.1) is 0 Å². The van der Waals surface area contributed by atoms with E-state index >= 15 is 0 Å². The van der Waals surface area contributed by atoms with Gasteiger partial charge < -0.3 is 0 Å². The standard InChI is InChI=1S/C16H14.6C7H9N.C6H8N2.9C2H6/c1-11-3-7-15-13(9-11)5-6-14-10-12(2)4-8-16(14)15;1-6-3-7(2)5-8-4-6;2*1-6-3-4-8-7(2)5-6;2*1-6-3-4-7(2)8-5-6;1-6-4-3-5-7(2)8-6;1-5-3-7-6(2)8-4-5;9*1-2/h3-10H,1-2H3;6*3-5H,1-2H3;3-4H,1-2H3;9*1-2H3. The Balaban J connectivity index is -0.000000171. The van der Waals surface area contributed by atoms with Crippen molar-refractivity contribution in [3.8, 4) is 0 Å². The van der Waals surface area contributed by atoms with E-state index < -0.39 is 0 Å². The number of pyridine rings is 6. The summed E-state index contributed by atoms with van der Waals surface area (Å²) in [6.07, 6.45) is 14.7. The summed E-state index contributed by atoms with van der Waals surface area (Å²) in [4.78, 5) is 32.3. The topological polar surface area (TPSA) is 103 Å². The molecule has 0 amide bonds.